The van der Waals surface area contributed by atoms with Crippen LogP contribution in [-0.4, -0.2) is 61.5 Å². The van der Waals surface area contributed by atoms with Crippen LogP contribution in [0.3, 0.4) is 0 Å². The van der Waals surface area contributed by atoms with Gasteiger partial charge in [-0.25, -0.2) is 4.57 Å². The van der Waals surface area contributed by atoms with Crippen LogP contribution in [-0.2, 0) is 25.8 Å². The van der Waals surface area contributed by atoms with Crippen LogP contribution in [0.25, 0.3) is 0 Å². The van der Waals surface area contributed by atoms with Crippen LogP contribution < -0.4 is 20.7 Å². The fourth-order valence-corrected chi connectivity index (χ4v) is 5.20. The van der Waals surface area contributed by atoms with Crippen molar-refractivity contribution in [2.45, 2.75) is 18.0 Å². The van der Waals surface area contributed by atoms with Crippen molar-refractivity contribution in [3.05, 3.63) is 60.3 Å². The van der Waals surface area contributed by atoms with Gasteiger partial charge in [0.1, 0.15) is 18.0 Å². The van der Waals surface area contributed by atoms with Gasteiger partial charge in [-0.05, 0) is 0 Å². The summed E-state index contributed by atoms with van der Waals surface area (Å²) < 4.78 is 5.77. The van der Waals surface area contributed by atoms with E-state index in [9.17, 15) is 19.5 Å². The summed E-state index contributed by atoms with van der Waals surface area (Å²) in [5.74, 6) is -2.49. The highest BCUT2D eigenvalue weighted by atomic mass is 32.2. The number of thioether (sulfide) groups is 1. The number of β-lactam (4-membered cyclic amide) rings is 1. The van der Waals surface area contributed by atoms with Crippen molar-refractivity contribution in [3.8, 4) is 0 Å². The highest BCUT2D eigenvalue weighted by Crippen LogP contribution is 2.40. The minimum absolute atomic E-state index is 0.0347. The van der Waals surface area contributed by atoms with Gasteiger partial charge in [-0.2, -0.15) is 9.36 Å². The van der Waals surface area contributed by atoms with Crippen molar-refractivity contribution in [3.63, 3.8) is 0 Å². The number of pyridine rings is 1. The van der Waals surface area contributed by atoms with Crippen molar-refractivity contribution in [1.82, 2.24) is 19.6 Å². The lowest BCUT2D eigenvalue weighted by Gasteiger charge is -2.50. The van der Waals surface area contributed by atoms with Crippen molar-refractivity contribution in [2.75, 3.05) is 18.1 Å². The molecule has 2 atom stereocenters. The molecule has 0 aromatic carbocycles. The van der Waals surface area contributed by atoms with Gasteiger partial charge in [0.05, 0.1) is 11.7 Å². The van der Waals surface area contributed by atoms with E-state index in [1.165, 1.54) is 17.8 Å². The summed E-state index contributed by atoms with van der Waals surface area (Å²) in [5, 5.41) is 17.8. The Morgan fingerprint density at radius 1 is 1.41 bits per heavy atom. The standard InChI is InChI=1S/C20H19N7O5S2/c1-2-8-32-24-12(15-23-20(21)34-25-15)16(28)22-13-17(29)27-14(19(30)31)11(10-33-18(13)27)9-26-6-4-3-5-7-26/h2-7,13,18H,1,8-10H2,(H3-,21,22,23,25,28,30,31)/t13?,18-/m0/s1. The molecule has 1 saturated heterocycles. The molecular weight excluding hydrogens is 482 g/mol. The normalized spacial score (nSPS) is 19.8. The molecule has 0 radical (unpaired) electrons. The summed E-state index contributed by atoms with van der Waals surface area (Å²) >= 11 is 2.21. The van der Waals surface area contributed by atoms with E-state index in [1.807, 2.05) is 18.2 Å². The molecule has 2 aliphatic rings. The molecule has 3 N–H and O–H groups in total. The summed E-state index contributed by atoms with van der Waals surface area (Å²) in [6.07, 6.45) is 5.03. The highest BCUT2D eigenvalue weighted by molar-refractivity contribution is 8.00. The first-order valence-corrected chi connectivity index (χ1v) is 11.8. The molecule has 2 aromatic heterocycles. The molecule has 176 valence electrons. The number of anilines is 1. The number of oxime groups is 1. The Hall–Kier alpha value is -3.78. The first-order valence-electron chi connectivity index (χ1n) is 9.94. The molecule has 1 fully saturated rings. The Labute approximate surface area is 202 Å². The summed E-state index contributed by atoms with van der Waals surface area (Å²) in [6.45, 7) is 3.83. The van der Waals surface area contributed by atoms with E-state index in [0.717, 1.165) is 16.4 Å². The lowest BCUT2D eigenvalue weighted by Crippen LogP contribution is -2.71. The van der Waals surface area contributed by atoms with Gasteiger partial charge in [-0.3, -0.25) is 14.5 Å². The van der Waals surface area contributed by atoms with E-state index >= 15 is 0 Å². The number of fused-ring (bicyclic) bond motifs is 1. The number of hydrogen-bond donors (Lipinski definition) is 2. The maximum Gasteiger partial charge on any atom is 0.278 e. The van der Waals surface area contributed by atoms with Crippen molar-refractivity contribution >= 4 is 51.9 Å². The molecule has 12 nitrogen and oxygen atoms in total. The number of nitrogens with zero attached hydrogens (tertiary/aromatic N) is 5. The predicted molar refractivity (Wildman–Crippen MR) is 121 cm³/mol. The molecule has 0 aliphatic carbocycles. The van der Waals surface area contributed by atoms with Crippen LogP contribution >= 0.6 is 23.3 Å². The Kier molecular flexibility index (Phi) is 6.88. The number of nitrogens with one attached hydrogen (secondary N) is 1. The number of carboxylic acid groups (broad SMARTS) is 1. The molecular formula is C20H19N7O5S2. The van der Waals surface area contributed by atoms with E-state index < -0.39 is 29.2 Å². The van der Waals surface area contributed by atoms with Gasteiger partial charge in [0, 0.05) is 35.0 Å². The summed E-state index contributed by atoms with van der Waals surface area (Å²) in [4.78, 5) is 47.8. The van der Waals surface area contributed by atoms with Crippen LogP contribution in [0.5, 0.6) is 0 Å². The van der Waals surface area contributed by atoms with Gasteiger partial charge >= 0.3 is 0 Å². The number of carboxylic acids is 1. The first-order chi connectivity index (χ1) is 16.4. The van der Waals surface area contributed by atoms with E-state index in [0.29, 0.717) is 17.9 Å². The monoisotopic (exact) mass is 501 g/mol. The van der Waals surface area contributed by atoms with Gasteiger partial charge in [-0.15, -0.1) is 11.8 Å². The van der Waals surface area contributed by atoms with Gasteiger partial charge in [-0.1, -0.05) is 23.9 Å². The van der Waals surface area contributed by atoms with Crippen LogP contribution in [0.1, 0.15) is 5.82 Å². The van der Waals surface area contributed by atoms with Gasteiger partial charge < -0.3 is 25.8 Å². The maximum absolute atomic E-state index is 12.9. The SMILES string of the molecule is C=CCON=C(C(=O)NC1C(=O)N2C(C(=O)[O-])=C(C[n+]3ccccc3)CS[C@@H]12)c1nsc(N)n1. The van der Waals surface area contributed by atoms with Gasteiger partial charge in [0.15, 0.2) is 24.1 Å². The Morgan fingerprint density at radius 3 is 2.82 bits per heavy atom. The first kappa shape index (κ1) is 23.4. The Morgan fingerprint density at radius 2 is 2.18 bits per heavy atom. The number of aromatic nitrogens is 3. The maximum atomic E-state index is 12.9. The summed E-state index contributed by atoms with van der Waals surface area (Å²) in [7, 11) is 0. The largest absolute Gasteiger partial charge is 0.543 e. The van der Waals surface area contributed by atoms with Gasteiger partial charge in [0.2, 0.25) is 11.5 Å². The molecule has 2 amide bonds. The van der Waals surface area contributed by atoms with E-state index in [-0.39, 0.29) is 29.0 Å². The molecule has 2 aliphatic heterocycles. The summed E-state index contributed by atoms with van der Waals surface area (Å²) in [5.41, 5.74) is 5.70. The third-order valence-corrected chi connectivity index (χ3v) is 6.78. The third-order valence-electron chi connectivity index (χ3n) is 4.89. The molecule has 14 heteroatoms. The van der Waals surface area contributed by atoms with Crippen LogP contribution in [0.15, 0.2) is 59.7 Å². The molecule has 2 aromatic rings. The molecule has 34 heavy (non-hydrogen) atoms. The number of carbonyl (C=O) groups is 3. The quantitative estimate of drug-likeness (QED) is 0.103. The number of aliphatic carboxylic acids is 1. The minimum Gasteiger partial charge on any atom is -0.543 e. The third kappa shape index (κ3) is 4.63. The van der Waals surface area contributed by atoms with Gasteiger partial charge in [0.25, 0.3) is 11.8 Å². The predicted octanol–water partition coefficient (Wildman–Crippen LogP) is -1.58. The molecule has 4 rings (SSSR count). The smallest absolute Gasteiger partial charge is 0.278 e. The number of rotatable bonds is 9. The lowest BCUT2D eigenvalue weighted by atomic mass is 10.0. The van der Waals surface area contributed by atoms with Crippen LogP contribution in [0.4, 0.5) is 5.13 Å². The molecule has 0 spiro atoms. The average Bonchev–Trinajstić information content (AvgIpc) is 3.26. The van der Waals surface area contributed by atoms with Crippen molar-refractivity contribution < 1.29 is 28.9 Å². The molecule has 0 bridgehead atoms. The topological polar surface area (TPSA) is 167 Å². The Bertz CT molecular complexity index is 1200. The fraction of sp³-hybridized carbons (Fsp3) is 0.250. The summed E-state index contributed by atoms with van der Waals surface area (Å²) in [6, 6.07) is 4.51. The number of carbonyl (C=O) groups excluding carboxylic acids is 3. The second-order valence-corrected chi connectivity index (χ2v) is 9.02. The molecule has 0 saturated carbocycles. The van der Waals surface area contributed by atoms with E-state index in [1.54, 1.807) is 17.0 Å². The number of nitrogens with two attached hydrogens (primary N) is 1. The average molecular weight is 502 g/mol. The second-order valence-electron chi connectivity index (χ2n) is 7.13. The second kappa shape index (κ2) is 10.0. The zero-order chi connectivity index (χ0) is 24.2. The zero-order valence-electron chi connectivity index (χ0n) is 17.6. The highest BCUT2D eigenvalue weighted by Gasteiger charge is 2.53. The molecule has 1 unspecified atom stereocenters. The van der Waals surface area contributed by atoms with Crippen molar-refractivity contribution in [1.29, 1.82) is 0 Å². The number of amides is 2. The van der Waals surface area contributed by atoms with Crippen molar-refractivity contribution in [2.24, 2.45) is 5.16 Å². The van der Waals surface area contributed by atoms with Crippen LogP contribution in [0.2, 0.25) is 0 Å². The van der Waals surface area contributed by atoms with Crippen LogP contribution in [0, 0.1) is 0 Å². The minimum atomic E-state index is -1.45. The Balaban J connectivity index is 1.53. The fourth-order valence-electron chi connectivity index (χ4n) is 3.43. The number of hydrogen-bond acceptors (Lipinski definition) is 11. The molecule has 4 heterocycles. The van der Waals surface area contributed by atoms with E-state index in [2.05, 4.69) is 26.4 Å². The number of nitrogen functional groups attached to an aromatic ring is 1. The van der Waals surface area contributed by atoms with E-state index in [4.69, 9.17) is 10.6 Å². The zero-order valence-corrected chi connectivity index (χ0v) is 19.3. The lowest BCUT2D eigenvalue weighted by molar-refractivity contribution is -0.689.